The molecular formula is C24H20F4N4O3. The summed E-state index contributed by atoms with van der Waals surface area (Å²) in [6.45, 7) is 1.29. The molecule has 0 aliphatic rings. The fraction of sp³-hybridized carbons (Fsp3) is 0.208. The number of nitrogens with zero attached hydrogens (tertiary/aromatic N) is 4. The van der Waals surface area contributed by atoms with Gasteiger partial charge in [-0.05, 0) is 66.1 Å². The smallest absolute Gasteiger partial charge is 0.423 e. The van der Waals surface area contributed by atoms with Crippen LogP contribution in [0, 0.1) is 5.82 Å². The van der Waals surface area contributed by atoms with E-state index in [0.717, 1.165) is 12.3 Å². The van der Waals surface area contributed by atoms with E-state index >= 15 is 0 Å². The van der Waals surface area contributed by atoms with Crippen LogP contribution in [0.3, 0.4) is 0 Å². The lowest BCUT2D eigenvalue weighted by Gasteiger charge is -2.26. The Kier molecular flexibility index (Phi) is 6.20. The number of pyridine rings is 1. The number of benzene rings is 1. The van der Waals surface area contributed by atoms with Crippen molar-refractivity contribution in [2.45, 2.75) is 31.7 Å². The van der Waals surface area contributed by atoms with Crippen LogP contribution in [-0.2, 0) is 16.9 Å². The van der Waals surface area contributed by atoms with Crippen LogP contribution in [0.25, 0.3) is 22.9 Å². The third-order valence-corrected chi connectivity index (χ3v) is 5.68. The predicted octanol–water partition coefficient (Wildman–Crippen LogP) is 4.64. The summed E-state index contributed by atoms with van der Waals surface area (Å²) in [5.41, 5.74) is -0.438. The van der Waals surface area contributed by atoms with Gasteiger partial charge in [-0.2, -0.15) is 13.2 Å². The van der Waals surface area contributed by atoms with Crippen molar-refractivity contribution in [1.29, 1.82) is 0 Å². The molecule has 0 aliphatic heterocycles. The zero-order valence-corrected chi connectivity index (χ0v) is 18.4. The summed E-state index contributed by atoms with van der Waals surface area (Å²) in [6, 6.07) is 11.0. The van der Waals surface area contributed by atoms with Crippen molar-refractivity contribution in [2.24, 2.45) is 0 Å². The third-order valence-electron chi connectivity index (χ3n) is 5.68. The molecule has 0 radical (unpaired) electrons. The number of rotatable bonds is 7. The molecule has 0 fully saturated rings. The van der Waals surface area contributed by atoms with Gasteiger partial charge < -0.3 is 14.6 Å². The van der Waals surface area contributed by atoms with Crippen molar-refractivity contribution in [1.82, 2.24) is 19.4 Å². The molecule has 1 unspecified atom stereocenters. The van der Waals surface area contributed by atoms with Crippen molar-refractivity contribution in [3.63, 3.8) is 0 Å². The Hall–Kier alpha value is -3.99. The van der Waals surface area contributed by atoms with Gasteiger partial charge in [0.2, 0.25) is 5.60 Å². The molecule has 0 amide bonds. The van der Waals surface area contributed by atoms with Crippen LogP contribution >= 0.6 is 0 Å². The van der Waals surface area contributed by atoms with Crippen molar-refractivity contribution >= 4 is 17.6 Å². The monoisotopic (exact) mass is 488 g/mol. The molecule has 0 saturated carbocycles. The largest absolute Gasteiger partial charge is 0.478 e. The standard InChI is InChI=1S/C24H20F4N4O3/c1-2-23(35,24(26,27)28)20-14-31(30-29-20)13-15-9-10-32-19(11-15)12-17(5-8-21(33)34)22(32)16-3-6-18(25)7-4-16/h3-12,14,35H,2,13H2,1H3,(H,33,34). The lowest BCUT2D eigenvalue weighted by atomic mass is 9.96. The lowest BCUT2D eigenvalue weighted by molar-refractivity contribution is -0.269. The highest BCUT2D eigenvalue weighted by molar-refractivity contribution is 5.89. The first-order chi connectivity index (χ1) is 16.5. The second-order valence-corrected chi connectivity index (χ2v) is 7.97. The molecule has 11 heteroatoms. The molecule has 0 aliphatic carbocycles. The first kappa shape index (κ1) is 24.1. The molecule has 1 aromatic carbocycles. The minimum Gasteiger partial charge on any atom is -0.478 e. The molecule has 0 bridgehead atoms. The molecular weight excluding hydrogens is 468 g/mol. The fourth-order valence-electron chi connectivity index (χ4n) is 3.82. The van der Waals surface area contributed by atoms with E-state index in [9.17, 15) is 27.5 Å². The number of aliphatic carboxylic acids is 1. The molecule has 0 saturated heterocycles. The third kappa shape index (κ3) is 4.67. The van der Waals surface area contributed by atoms with Crippen molar-refractivity contribution in [3.8, 4) is 11.3 Å². The summed E-state index contributed by atoms with van der Waals surface area (Å²) in [6.07, 6.45) is -0.300. The number of aromatic nitrogens is 4. The average molecular weight is 488 g/mol. The maximum absolute atomic E-state index is 13.4. The number of carboxylic acid groups (broad SMARTS) is 1. The minimum atomic E-state index is -4.90. The van der Waals surface area contributed by atoms with Gasteiger partial charge in [0.05, 0.1) is 18.4 Å². The van der Waals surface area contributed by atoms with E-state index in [1.807, 2.05) is 0 Å². The van der Waals surface area contributed by atoms with Gasteiger partial charge in [-0.1, -0.05) is 12.1 Å². The number of hydrogen-bond donors (Lipinski definition) is 2. The van der Waals surface area contributed by atoms with E-state index in [1.165, 1.54) is 29.8 Å². The van der Waals surface area contributed by atoms with Gasteiger partial charge >= 0.3 is 12.1 Å². The molecule has 0 spiro atoms. The number of halogens is 4. The van der Waals surface area contributed by atoms with Gasteiger partial charge in [-0.25, -0.2) is 13.9 Å². The quantitative estimate of drug-likeness (QED) is 0.292. The summed E-state index contributed by atoms with van der Waals surface area (Å²) in [5.74, 6) is -1.54. The Morgan fingerprint density at radius 3 is 2.49 bits per heavy atom. The van der Waals surface area contributed by atoms with Gasteiger partial charge in [0.1, 0.15) is 11.5 Å². The Morgan fingerprint density at radius 2 is 1.86 bits per heavy atom. The molecule has 3 aromatic heterocycles. The Bertz CT molecular complexity index is 1410. The summed E-state index contributed by atoms with van der Waals surface area (Å²) in [4.78, 5) is 11.0. The Balaban J connectivity index is 1.71. The summed E-state index contributed by atoms with van der Waals surface area (Å²) < 4.78 is 56.4. The number of alkyl halides is 3. The molecule has 182 valence electrons. The fourth-order valence-corrected chi connectivity index (χ4v) is 3.82. The maximum Gasteiger partial charge on any atom is 0.423 e. The molecule has 1 atom stereocenters. The van der Waals surface area contributed by atoms with Crippen LogP contribution < -0.4 is 0 Å². The predicted molar refractivity (Wildman–Crippen MR) is 119 cm³/mol. The Labute approximate surface area is 196 Å². The second-order valence-electron chi connectivity index (χ2n) is 7.97. The summed E-state index contributed by atoms with van der Waals surface area (Å²) >= 11 is 0. The highest BCUT2D eigenvalue weighted by atomic mass is 19.4. The normalized spacial score (nSPS) is 14.0. The van der Waals surface area contributed by atoms with E-state index in [1.54, 1.807) is 40.9 Å². The van der Waals surface area contributed by atoms with E-state index < -0.39 is 35.7 Å². The number of aliphatic hydroxyl groups is 1. The van der Waals surface area contributed by atoms with Gasteiger partial charge in [0, 0.05) is 23.4 Å². The van der Waals surface area contributed by atoms with Crippen LogP contribution in [0.1, 0.15) is 30.2 Å². The van der Waals surface area contributed by atoms with Gasteiger partial charge in [-0.15, -0.1) is 5.10 Å². The lowest BCUT2D eigenvalue weighted by Crippen LogP contribution is -2.42. The van der Waals surface area contributed by atoms with Crippen LogP contribution in [0.5, 0.6) is 0 Å². The summed E-state index contributed by atoms with van der Waals surface area (Å²) in [7, 11) is 0. The SMILES string of the molecule is CCC(O)(c1cn(Cc2ccn3c(-c4ccc(F)cc4)c(C=CC(=O)O)cc3c2)nn1)C(F)(F)F. The van der Waals surface area contributed by atoms with Gasteiger partial charge in [-0.3, -0.25) is 0 Å². The molecule has 4 rings (SSSR count). The van der Waals surface area contributed by atoms with Crippen molar-refractivity contribution in [2.75, 3.05) is 0 Å². The van der Waals surface area contributed by atoms with Crippen LogP contribution in [0.15, 0.2) is 60.9 Å². The average Bonchev–Trinajstić information content (AvgIpc) is 3.41. The highest BCUT2D eigenvalue weighted by Crippen LogP contribution is 2.40. The highest BCUT2D eigenvalue weighted by Gasteiger charge is 2.55. The molecule has 2 N–H and O–H groups in total. The molecule has 35 heavy (non-hydrogen) atoms. The minimum absolute atomic E-state index is 0.0819. The van der Waals surface area contributed by atoms with Crippen LogP contribution in [-0.4, -0.2) is 41.8 Å². The molecule has 7 nitrogen and oxygen atoms in total. The zero-order valence-electron chi connectivity index (χ0n) is 18.4. The van der Waals surface area contributed by atoms with Crippen molar-refractivity contribution in [3.05, 3.63) is 83.6 Å². The summed E-state index contributed by atoms with van der Waals surface area (Å²) in [5, 5.41) is 26.4. The first-order valence-electron chi connectivity index (χ1n) is 10.5. The van der Waals surface area contributed by atoms with Crippen LogP contribution in [0.4, 0.5) is 17.6 Å². The van der Waals surface area contributed by atoms with Crippen LogP contribution in [0.2, 0.25) is 0 Å². The van der Waals surface area contributed by atoms with Crippen molar-refractivity contribution < 1.29 is 32.6 Å². The van der Waals surface area contributed by atoms with Gasteiger partial charge in [0.25, 0.3) is 0 Å². The number of carbonyl (C=O) groups is 1. The second kappa shape index (κ2) is 8.99. The maximum atomic E-state index is 13.4. The van der Waals surface area contributed by atoms with Gasteiger partial charge in [0.15, 0.2) is 0 Å². The first-order valence-corrected chi connectivity index (χ1v) is 10.5. The molecule has 3 heterocycles. The van der Waals surface area contributed by atoms with E-state index in [0.29, 0.717) is 27.9 Å². The number of hydrogen-bond acceptors (Lipinski definition) is 4. The number of fused-ring (bicyclic) bond motifs is 1. The van der Waals surface area contributed by atoms with E-state index in [4.69, 9.17) is 5.11 Å². The zero-order chi connectivity index (χ0) is 25.4. The van der Waals surface area contributed by atoms with E-state index in [2.05, 4.69) is 10.3 Å². The molecule has 4 aromatic rings. The number of carboxylic acids is 1. The topological polar surface area (TPSA) is 92.7 Å². The Morgan fingerprint density at radius 1 is 1.14 bits per heavy atom. The van der Waals surface area contributed by atoms with E-state index in [-0.39, 0.29) is 6.54 Å².